The zero-order valence-electron chi connectivity index (χ0n) is 14.9. The highest BCUT2D eigenvalue weighted by Gasteiger charge is 2.18. The van der Waals surface area contributed by atoms with Gasteiger partial charge in [-0.15, -0.1) is 0 Å². The number of rotatable bonds is 2. The maximum atomic E-state index is 12.6. The number of nitrogens with zero attached hydrogens (tertiary/aromatic N) is 4. The van der Waals surface area contributed by atoms with E-state index in [9.17, 15) is 4.79 Å². The SMILES string of the molecule is C[C@H]1CN(c2ccc3cc(-c4cn5ccccc5n4)c(=O)oc3n2)CCN1. The topological polar surface area (TPSA) is 75.7 Å². The van der Waals surface area contributed by atoms with Crippen LogP contribution in [0.15, 0.2) is 58.0 Å². The molecule has 1 saturated heterocycles. The summed E-state index contributed by atoms with van der Waals surface area (Å²) in [7, 11) is 0. The third-order valence-corrected chi connectivity index (χ3v) is 4.92. The first-order chi connectivity index (χ1) is 13.2. The Morgan fingerprint density at radius 2 is 2.15 bits per heavy atom. The van der Waals surface area contributed by atoms with E-state index in [1.807, 2.05) is 47.1 Å². The van der Waals surface area contributed by atoms with Crippen LogP contribution in [0.1, 0.15) is 6.92 Å². The molecule has 4 aromatic heterocycles. The lowest BCUT2D eigenvalue weighted by atomic mass is 10.2. The van der Waals surface area contributed by atoms with Gasteiger partial charge in [0.1, 0.15) is 11.5 Å². The Labute approximate surface area is 155 Å². The van der Waals surface area contributed by atoms with Gasteiger partial charge >= 0.3 is 5.63 Å². The third kappa shape index (κ3) is 2.86. The van der Waals surface area contributed by atoms with Gasteiger partial charge in [-0.3, -0.25) is 0 Å². The average Bonchev–Trinajstić information content (AvgIpc) is 3.11. The first kappa shape index (κ1) is 16.0. The maximum absolute atomic E-state index is 12.6. The first-order valence-corrected chi connectivity index (χ1v) is 9.05. The molecule has 5 heterocycles. The van der Waals surface area contributed by atoms with E-state index in [0.717, 1.165) is 36.5 Å². The number of imidazole rings is 1. The van der Waals surface area contributed by atoms with Crippen molar-refractivity contribution in [2.45, 2.75) is 13.0 Å². The van der Waals surface area contributed by atoms with Crippen molar-refractivity contribution in [1.82, 2.24) is 19.7 Å². The number of nitrogens with one attached hydrogen (secondary N) is 1. The Bertz CT molecular complexity index is 1160. The molecule has 136 valence electrons. The van der Waals surface area contributed by atoms with E-state index >= 15 is 0 Å². The number of hydrogen-bond donors (Lipinski definition) is 1. The Balaban J connectivity index is 1.57. The highest BCUT2D eigenvalue weighted by molar-refractivity contribution is 5.80. The van der Waals surface area contributed by atoms with Gasteiger partial charge in [-0.25, -0.2) is 9.78 Å². The molecule has 0 aliphatic carbocycles. The second-order valence-electron chi connectivity index (χ2n) is 6.90. The zero-order valence-corrected chi connectivity index (χ0v) is 14.9. The van der Waals surface area contributed by atoms with Gasteiger partial charge in [0, 0.05) is 43.5 Å². The van der Waals surface area contributed by atoms with Gasteiger partial charge in [0.2, 0.25) is 5.71 Å². The fourth-order valence-corrected chi connectivity index (χ4v) is 3.55. The van der Waals surface area contributed by atoms with Crippen LogP contribution >= 0.6 is 0 Å². The number of fused-ring (bicyclic) bond motifs is 2. The van der Waals surface area contributed by atoms with E-state index in [1.165, 1.54) is 0 Å². The van der Waals surface area contributed by atoms with E-state index in [2.05, 4.69) is 27.1 Å². The molecule has 0 spiro atoms. The Kier molecular flexibility index (Phi) is 3.68. The van der Waals surface area contributed by atoms with E-state index in [1.54, 1.807) is 6.07 Å². The van der Waals surface area contributed by atoms with Gasteiger partial charge in [0.25, 0.3) is 0 Å². The van der Waals surface area contributed by atoms with Crippen LogP contribution in [0.2, 0.25) is 0 Å². The number of aromatic nitrogens is 3. The minimum Gasteiger partial charge on any atom is -0.403 e. The highest BCUT2D eigenvalue weighted by Crippen LogP contribution is 2.23. The molecule has 0 saturated carbocycles. The molecule has 4 aromatic rings. The Hall–Kier alpha value is -3.19. The summed E-state index contributed by atoms with van der Waals surface area (Å²) in [5.41, 5.74) is 1.75. The van der Waals surface area contributed by atoms with Crippen LogP contribution in [-0.4, -0.2) is 40.0 Å². The average molecular weight is 361 g/mol. The van der Waals surface area contributed by atoms with Gasteiger partial charge < -0.3 is 19.0 Å². The fraction of sp³-hybridized carbons (Fsp3) is 0.250. The van der Waals surface area contributed by atoms with E-state index in [-0.39, 0.29) is 0 Å². The molecule has 1 fully saturated rings. The number of anilines is 1. The van der Waals surface area contributed by atoms with Crippen LogP contribution < -0.4 is 15.8 Å². The summed E-state index contributed by atoms with van der Waals surface area (Å²) in [6.07, 6.45) is 3.73. The molecular weight excluding hydrogens is 342 g/mol. The second-order valence-corrected chi connectivity index (χ2v) is 6.90. The van der Waals surface area contributed by atoms with Crippen molar-refractivity contribution in [3.8, 4) is 11.3 Å². The quantitative estimate of drug-likeness (QED) is 0.590. The van der Waals surface area contributed by atoms with Crippen molar-refractivity contribution < 1.29 is 4.42 Å². The number of piperazine rings is 1. The van der Waals surface area contributed by atoms with Crippen LogP contribution in [0.5, 0.6) is 0 Å². The molecule has 1 aliphatic heterocycles. The van der Waals surface area contributed by atoms with Crippen molar-refractivity contribution in [3.63, 3.8) is 0 Å². The van der Waals surface area contributed by atoms with Crippen molar-refractivity contribution in [3.05, 3.63) is 59.2 Å². The fourth-order valence-electron chi connectivity index (χ4n) is 3.55. The number of hydrogen-bond acceptors (Lipinski definition) is 6. The standard InChI is InChI=1S/C20H19N5O2/c1-13-11-25(9-7-21-13)18-6-5-14-10-15(20(26)27-19(14)23-18)16-12-24-8-3-2-4-17(24)22-16/h2-6,8,10,12-13,21H,7,9,11H2,1H3/t13-/m0/s1. The monoisotopic (exact) mass is 361 g/mol. The third-order valence-electron chi connectivity index (χ3n) is 4.92. The lowest BCUT2D eigenvalue weighted by Gasteiger charge is -2.32. The van der Waals surface area contributed by atoms with E-state index in [0.29, 0.717) is 23.0 Å². The Morgan fingerprint density at radius 3 is 3.00 bits per heavy atom. The predicted octanol–water partition coefficient (Wildman–Crippen LogP) is 2.30. The summed E-state index contributed by atoms with van der Waals surface area (Å²) in [5.74, 6) is 0.833. The van der Waals surface area contributed by atoms with Gasteiger partial charge in [-0.1, -0.05) is 6.07 Å². The van der Waals surface area contributed by atoms with Crippen molar-refractivity contribution in [2.75, 3.05) is 24.5 Å². The predicted molar refractivity (Wildman–Crippen MR) is 104 cm³/mol. The van der Waals surface area contributed by atoms with Crippen molar-refractivity contribution in [2.24, 2.45) is 0 Å². The molecule has 7 nitrogen and oxygen atoms in total. The molecule has 1 aliphatic rings. The molecule has 1 N–H and O–H groups in total. The first-order valence-electron chi connectivity index (χ1n) is 9.05. The molecule has 0 amide bonds. The van der Waals surface area contributed by atoms with Gasteiger partial charge in [0.15, 0.2) is 0 Å². The molecule has 0 aromatic carbocycles. The van der Waals surface area contributed by atoms with Gasteiger partial charge in [-0.05, 0) is 37.3 Å². The molecule has 5 rings (SSSR count). The molecule has 27 heavy (non-hydrogen) atoms. The van der Waals surface area contributed by atoms with Crippen LogP contribution in [-0.2, 0) is 0 Å². The van der Waals surface area contributed by atoms with Crippen LogP contribution in [0, 0.1) is 0 Å². The lowest BCUT2D eigenvalue weighted by Crippen LogP contribution is -2.49. The summed E-state index contributed by atoms with van der Waals surface area (Å²) < 4.78 is 7.42. The van der Waals surface area contributed by atoms with Gasteiger partial charge in [-0.2, -0.15) is 4.98 Å². The molecule has 0 bridgehead atoms. The van der Waals surface area contributed by atoms with E-state index < -0.39 is 5.63 Å². The number of pyridine rings is 2. The summed E-state index contributed by atoms with van der Waals surface area (Å²) >= 11 is 0. The van der Waals surface area contributed by atoms with Crippen LogP contribution in [0.25, 0.3) is 28.0 Å². The van der Waals surface area contributed by atoms with Crippen LogP contribution in [0.3, 0.4) is 0 Å². The normalized spacial score (nSPS) is 17.7. The summed E-state index contributed by atoms with van der Waals surface area (Å²) in [6.45, 7) is 4.82. The Morgan fingerprint density at radius 1 is 1.22 bits per heavy atom. The minimum atomic E-state index is -0.427. The molecule has 0 unspecified atom stereocenters. The molecule has 1 atom stereocenters. The van der Waals surface area contributed by atoms with Crippen molar-refractivity contribution >= 4 is 22.6 Å². The largest absolute Gasteiger partial charge is 0.403 e. The van der Waals surface area contributed by atoms with Crippen LogP contribution in [0.4, 0.5) is 5.82 Å². The zero-order chi connectivity index (χ0) is 18.4. The molecule has 0 radical (unpaired) electrons. The maximum Gasteiger partial charge on any atom is 0.347 e. The van der Waals surface area contributed by atoms with Crippen molar-refractivity contribution in [1.29, 1.82) is 0 Å². The smallest absolute Gasteiger partial charge is 0.347 e. The second kappa shape index (κ2) is 6.21. The van der Waals surface area contributed by atoms with E-state index in [4.69, 9.17) is 4.42 Å². The highest BCUT2D eigenvalue weighted by atomic mass is 16.4. The lowest BCUT2D eigenvalue weighted by molar-refractivity contribution is 0.481. The van der Waals surface area contributed by atoms with Gasteiger partial charge in [0.05, 0.1) is 11.3 Å². The summed E-state index contributed by atoms with van der Waals surface area (Å²) in [5, 5.41) is 4.20. The summed E-state index contributed by atoms with van der Waals surface area (Å²) in [4.78, 5) is 23.9. The molecular formula is C20H19N5O2. The minimum absolute atomic E-state index is 0.358. The molecule has 7 heteroatoms. The summed E-state index contributed by atoms with van der Waals surface area (Å²) in [6, 6.07) is 11.9.